The van der Waals surface area contributed by atoms with E-state index in [4.69, 9.17) is 9.15 Å². The maximum Gasteiger partial charge on any atom is 0.417 e. The molecule has 0 unspecified atom stereocenters. The predicted molar refractivity (Wildman–Crippen MR) is 122 cm³/mol. The Morgan fingerprint density at radius 3 is 2.38 bits per heavy atom. The number of halogens is 3. The number of hydrogen-bond donors (Lipinski definition) is 1. The zero-order valence-electron chi connectivity index (χ0n) is 19.5. The molecule has 10 heteroatoms. The summed E-state index contributed by atoms with van der Waals surface area (Å²) in [4.78, 5) is 23.9. The Hall–Kier alpha value is -3.17. The molecule has 3 aromatic rings. The van der Waals surface area contributed by atoms with E-state index < -0.39 is 17.4 Å². The topological polar surface area (TPSA) is 86.6 Å². The van der Waals surface area contributed by atoms with Crippen molar-refractivity contribution in [3.8, 4) is 11.6 Å². The molecule has 0 aliphatic carbocycles. The molecule has 0 spiro atoms. The van der Waals surface area contributed by atoms with Gasteiger partial charge in [-0.3, -0.25) is 9.13 Å². The van der Waals surface area contributed by atoms with E-state index in [2.05, 4.69) is 0 Å². The van der Waals surface area contributed by atoms with Gasteiger partial charge in [0.1, 0.15) is 11.3 Å². The fourth-order valence-corrected chi connectivity index (χ4v) is 4.10. The van der Waals surface area contributed by atoms with Crippen molar-refractivity contribution < 1.29 is 27.4 Å². The second-order valence-electron chi connectivity index (χ2n) is 8.28. The molecule has 2 heterocycles. The summed E-state index contributed by atoms with van der Waals surface area (Å²) in [5.41, 5.74) is -1.37. The number of fused-ring (bicyclic) bond motifs is 1. The molecule has 0 saturated carbocycles. The minimum absolute atomic E-state index is 0.0858. The molecule has 0 saturated heterocycles. The third-order valence-electron chi connectivity index (χ3n) is 5.62. The van der Waals surface area contributed by atoms with Gasteiger partial charge in [0.25, 0.3) is 0 Å². The molecule has 2 aromatic heterocycles. The normalized spacial score (nSPS) is 11.9. The van der Waals surface area contributed by atoms with Gasteiger partial charge in [0.15, 0.2) is 0 Å². The number of unbranched alkanes of at least 4 members (excludes halogenated alkanes) is 1. The van der Waals surface area contributed by atoms with Gasteiger partial charge < -0.3 is 14.3 Å². The van der Waals surface area contributed by atoms with E-state index >= 15 is 0 Å². The van der Waals surface area contributed by atoms with Gasteiger partial charge in [-0.2, -0.15) is 13.2 Å². The second kappa shape index (κ2) is 10.4. The van der Waals surface area contributed by atoms with Crippen molar-refractivity contribution in [2.45, 2.75) is 65.1 Å². The summed E-state index contributed by atoms with van der Waals surface area (Å²) < 4.78 is 54.9. The van der Waals surface area contributed by atoms with Crippen molar-refractivity contribution in [2.24, 2.45) is 7.05 Å². The van der Waals surface area contributed by atoms with Crippen LogP contribution >= 0.6 is 0 Å². The molecular weight excluding hydrogens is 453 g/mol. The minimum atomic E-state index is -4.69. The maximum atomic E-state index is 13.7. The van der Waals surface area contributed by atoms with E-state index in [0.29, 0.717) is 68.0 Å². The molecular formula is C24H29F3N2O5. The minimum Gasteiger partial charge on any atom is -0.493 e. The summed E-state index contributed by atoms with van der Waals surface area (Å²) in [7, 11) is 1.55. The molecule has 186 valence electrons. The van der Waals surface area contributed by atoms with Crippen LogP contribution in [0.3, 0.4) is 0 Å². The summed E-state index contributed by atoms with van der Waals surface area (Å²) in [6.07, 6.45) is -0.0474. The van der Waals surface area contributed by atoms with Gasteiger partial charge in [0, 0.05) is 30.6 Å². The fourth-order valence-electron chi connectivity index (χ4n) is 4.10. The highest BCUT2D eigenvalue weighted by atomic mass is 19.4. The summed E-state index contributed by atoms with van der Waals surface area (Å²) in [6, 6.07) is 1.91. The molecule has 0 fully saturated rings. The zero-order chi connectivity index (χ0) is 25.0. The maximum absolute atomic E-state index is 13.7. The first kappa shape index (κ1) is 25.5. The van der Waals surface area contributed by atoms with E-state index in [1.165, 1.54) is 21.4 Å². The number of aryl methyl sites for hydroxylation is 3. The van der Waals surface area contributed by atoms with Crippen LogP contribution in [0.4, 0.5) is 13.2 Å². The van der Waals surface area contributed by atoms with E-state index in [1.807, 2.05) is 13.8 Å². The van der Waals surface area contributed by atoms with Gasteiger partial charge in [-0.15, -0.1) is 0 Å². The average Bonchev–Trinajstić information content (AvgIpc) is 3.00. The van der Waals surface area contributed by atoms with Gasteiger partial charge in [-0.1, -0.05) is 26.7 Å². The lowest BCUT2D eigenvalue weighted by atomic mass is 9.96. The van der Waals surface area contributed by atoms with Gasteiger partial charge >= 0.3 is 17.5 Å². The molecule has 0 radical (unpaired) electrons. The lowest BCUT2D eigenvalue weighted by Gasteiger charge is -2.19. The molecule has 7 nitrogen and oxygen atoms in total. The first-order valence-electron chi connectivity index (χ1n) is 11.4. The zero-order valence-corrected chi connectivity index (χ0v) is 19.5. The van der Waals surface area contributed by atoms with Crippen LogP contribution in [0.5, 0.6) is 11.6 Å². The number of aromatic nitrogens is 2. The van der Waals surface area contributed by atoms with E-state index in [9.17, 15) is 27.9 Å². The molecule has 3 rings (SSSR count). The second-order valence-corrected chi connectivity index (χ2v) is 8.28. The standard InChI is InChI=1S/C24H29F3N2O5/c1-4-8-15-12-17-18(24(25,26)27)13-20(31)34-22(17)16(9-5-2)21(15)33-11-7-6-10-29-19(30)14-28(3)23(29)32/h12-14,30H,4-11H2,1-3H3. The molecule has 0 amide bonds. The quantitative estimate of drug-likeness (QED) is 0.332. The lowest BCUT2D eigenvalue weighted by Crippen LogP contribution is -2.22. The lowest BCUT2D eigenvalue weighted by molar-refractivity contribution is -0.136. The summed E-state index contributed by atoms with van der Waals surface area (Å²) in [5, 5.41) is 9.70. The van der Waals surface area contributed by atoms with Crippen molar-refractivity contribution in [3.63, 3.8) is 0 Å². The van der Waals surface area contributed by atoms with E-state index in [1.54, 1.807) is 7.05 Å². The molecule has 0 bridgehead atoms. The molecule has 0 aliphatic heterocycles. The Labute approximate surface area is 194 Å². The highest BCUT2D eigenvalue weighted by Crippen LogP contribution is 2.40. The Morgan fingerprint density at radius 2 is 1.79 bits per heavy atom. The van der Waals surface area contributed by atoms with Crippen molar-refractivity contribution >= 4 is 11.0 Å². The fraction of sp³-hybridized carbons (Fsp3) is 0.500. The van der Waals surface area contributed by atoms with Crippen LogP contribution in [0.2, 0.25) is 0 Å². The first-order valence-corrected chi connectivity index (χ1v) is 11.4. The van der Waals surface area contributed by atoms with Crippen molar-refractivity contribution in [2.75, 3.05) is 6.61 Å². The van der Waals surface area contributed by atoms with Crippen molar-refractivity contribution in [1.82, 2.24) is 9.13 Å². The third kappa shape index (κ3) is 5.31. The number of alkyl halides is 3. The van der Waals surface area contributed by atoms with Crippen LogP contribution in [0, 0.1) is 0 Å². The molecule has 1 aromatic carbocycles. The number of ether oxygens (including phenoxy) is 1. The Morgan fingerprint density at radius 1 is 1.09 bits per heavy atom. The molecule has 1 N–H and O–H groups in total. The Balaban J connectivity index is 1.92. The highest BCUT2D eigenvalue weighted by Gasteiger charge is 2.35. The predicted octanol–water partition coefficient (Wildman–Crippen LogP) is 4.78. The van der Waals surface area contributed by atoms with E-state index in [-0.39, 0.29) is 29.1 Å². The SMILES string of the molecule is CCCc1cc2c(C(F)(F)F)cc(=O)oc2c(CCC)c1OCCCCn1c(O)cn(C)c1=O. The largest absolute Gasteiger partial charge is 0.493 e. The van der Waals surface area contributed by atoms with E-state index in [0.717, 1.165) is 0 Å². The van der Waals surface area contributed by atoms with Gasteiger partial charge in [-0.05, 0) is 37.3 Å². The van der Waals surface area contributed by atoms with Crippen LogP contribution in [0.15, 0.2) is 32.3 Å². The Bertz CT molecular complexity index is 1270. The number of hydrogen-bond acceptors (Lipinski definition) is 5. The van der Waals surface area contributed by atoms with Gasteiger partial charge in [0.2, 0.25) is 5.88 Å². The van der Waals surface area contributed by atoms with Crippen LogP contribution in [-0.2, 0) is 32.6 Å². The van der Waals surface area contributed by atoms with Crippen molar-refractivity contribution in [1.29, 1.82) is 0 Å². The monoisotopic (exact) mass is 482 g/mol. The molecule has 0 aliphatic rings. The first-order chi connectivity index (χ1) is 16.1. The molecule has 0 atom stereocenters. The van der Waals surface area contributed by atoms with Crippen LogP contribution in [0.1, 0.15) is 56.2 Å². The van der Waals surface area contributed by atoms with Crippen molar-refractivity contribution in [3.05, 3.63) is 55.9 Å². The Kier molecular flexibility index (Phi) is 7.78. The number of nitrogens with zero attached hydrogens (tertiary/aromatic N) is 2. The number of aromatic hydroxyl groups is 1. The van der Waals surface area contributed by atoms with Crippen LogP contribution in [0.25, 0.3) is 11.0 Å². The third-order valence-corrected chi connectivity index (χ3v) is 5.62. The summed E-state index contributed by atoms with van der Waals surface area (Å²) >= 11 is 0. The number of rotatable bonds is 10. The number of imidazole rings is 1. The van der Waals surface area contributed by atoms with Gasteiger partial charge in [-0.25, -0.2) is 9.59 Å². The molecule has 34 heavy (non-hydrogen) atoms. The van der Waals surface area contributed by atoms with Crippen LogP contribution in [-0.4, -0.2) is 20.8 Å². The highest BCUT2D eigenvalue weighted by molar-refractivity contribution is 5.87. The average molecular weight is 482 g/mol. The van der Waals surface area contributed by atoms with Gasteiger partial charge in [0.05, 0.1) is 18.4 Å². The summed E-state index contributed by atoms with van der Waals surface area (Å²) in [5.74, 6) is 0.340. The smallest absolute Gasteiger partial charge is 0.417 e. The summed E-state index contributed by atoms with van der Waals surface area (Å²) in [6.45, 7) is 4.37. The number of benzene rings is 1. The van der Waals surface area contributed by atoms with Crippen LogP contribution < -0.4 is 16.1 Å².